The minimum atomic E-state index is -0.371. The zero-order valence-electron chi connectivity index (χ0n) is 9.75. The van der Waals surface area contributed by atoms with Gasteiger partial charge in [0.15, 0.2) is 0 Å². The maximum absolute atomic E-state index is 11.1. The summed E-state index contributed by atoms with van der Waals surface area (Å²) in [5.74, 6) is 0. The minimum absolute atomic E-state index is 0.155. The molecule has 0 saturated heterocycles. The minimum Gasteiger partial charge on any atom is -0.381 e. The van der Waals surface area contributed by atoms with Crippen molar-refractivity contribution < 1.29 is 0 Å². The van der Waals surface area contributed by atoms with Crippen LogP contribution in [0.25, 0.3) is 0 Å². The van der Waals surface area contributed by atoms with Crippen LogP contribution in [0.15, 0.2) is 11.0 Å². The molecule has 0 aliphatic rings. The number of nitrogens with zero attached hydrogens (tertiary/aromatic N) is 2. The van der Waals surface area contributed by atoms with E-state index in [4.69, 9.17) is 11.6 Å². The molecule has 6 heteroatoms. The molecule has 90 valence electrons. The van der Waals surface area contributed by atoms with Gasteiger partial charge in [-0.1, -0.05) is 11.6 Å². The highest BCUT2D eigenvalue weighted by Gasteiger charge is 2.05. The first kappa shape index (κ1) is 13.0. The lowest BCUT2D eigenvalue weighted by atomic mass is 10.3. The van der Waals surface area contributed by atoms with Gasteiger partial charge in [0.05, 0.1) is 11.9 Å². The van der Waals surface area contributed by atoms with Gasteiger partial charge in [0.1, 0.15) is 5.02 Å². The molecule has 0 amide bonds. The van der Waals surface area contributed by atoms with E-state index in [0.717, 1.165) is 13.1 Å². The number of hydrogen-bond acceptors (Lipinski definition) is 4. The molecule has 2 N–H and O–H groups in total. The van der Waals surface area contributed by atoms with Crippen molar-refractivity contribution >= 4 is 17.3 Å². The molecule has 0 saturated carbocycles. The summed E-state index contributed by atoms with van der Waals surface area (Å²) in [6.07, 6.45) is 1.51. The summed E-state index contributed by atoms with van der Waals surface area (Å²) in [6.45, 7) is 5.85. The zero-order valence-corrected chi connectivity index (χ0v) is 10.5. The van der Waals surface area contributed by atoms with E-state index >= 15 is 0 Å². The SMILES string of the molecule is CC(C)N(C)CCNc1cn[nH]c(=O)c1Cl. The van der Waals surface area contributed by atoms with Gasteiger partial charge in [-0.15, -0.1) is 0 Å². The van der Waals surface area contributed by atoms with Gasteiger partial charge in [-0.25, -0.2) is 5.10 Å². The lowest BCUT2D eigenvalue weighted by molar-refractivity contribution is 0.284. The molecule has 0 aliphatic heterocycles. The standard InChI is InChI=1S/C10H17ClN4O/c1-7(2)15(3)5-4-12-8-6-13-14-10(16)9(8)11/h6-7H,4-5H2,1-3H3,(H2,12,14,16). The number of anilines is 1. The van der Waals surface area contributed by atoms with Crippen molar-refractivity contribution in [2.45, 2.75) is 19.9 Å². The summed E-state index contributed by atoms with van der Waals surface area (Å²) in [5.41, 5.74) is 0.200. The molecule has 1 heterocycles. The molecule has 0 radical (unpaired) electrons. The Kier molecular flexibility index (Phi) is 4.76. The van der Waals surface area contributed by atoms with Crippen LogP contribution in [0.3, 0.4) is 0 Å². The Balaban J connectivity index is 2.49. The van der Waals surface area contributed by atoms with E-state index in [0.29, 0.717) is 11.7 Å². The average Bonchev–Trinajstić information content (AvgIpc) is 2.24. The Hall–Kier alpha value is -1.07. The Morgan fingerprint density at radius 1 is 1.62 bits per heavy atom. The van der Waals surface area contributed by atoms with Gasteiger partial charge in [-0.2, -0.15) is 5.10 Å². The first-order chi connectivity index (χ1) is 7.52. The first-order valence-electron chi connectivity index (χ1n) is 5.19. The third kappa shape index (κ3) is 3.50. The largest absolute Gasteiger partial charge is 0.381 e. The second-order valence-electron chi connectivity index (χ2n) is 3.93. The lowest BCUT2D eigenvalue weighted by Gasteiger charge is -2.21. The molecule has 5 nitrogen and oxygen atoms in total. The molecule has 1 aromatic rings. The van der Waals surface area contributed by atoms with Gasteiger partial charge < -0.3 is 10.2 Å². The second-order valence-corrected chi connectivity index (χ2v) is 4.31. The van der Waals surface area contributed by atoms with Crippen molar-refractivity contribution in [2.24, 2.45) is 0 Å². The number of hydrogen-bond donors (Lipinski definition) is 2. The maximum atomic E-state index is 11.1. The number of likely N-dealkylation sites (N-methyl/N-ethyl adjacent to an activating group) is 1. The average molecular weight is 245 g/mol. The molecule has 0 unspecified atom stereocenters. The number of nitrogens with one attached hydrogen (secondary N) is 2. The van der Waals surface area contributed by atoms with Gasteiger partial charge in [0, 0.05) is 19.1 Å². The van der Waals surface area contributed by atoms with E-state index in [2.05, 4.69) is 34.3 Å². The highest BCUT2D eigenvalue weighted by molar-refractivity contribution is 6.32. The third-order valence-electron chi connectivity index (χ3n) is 2.46. The van der Waals surface area contributed by atoms with Crippen LogP contribution >= 0.6 is 11.6 Å². The van der Waals surface area contributed by atoms with E-state index < -0.39 is 0 Å². The topological polar surface area (TPSA) is 61.0 Å². The van der Waals surface area contributed by atoms with Gasteiger partial charge in [0.2, 0.25) is 0 Å². The Bertz CT molecular complexity index is 391. The van der Waals surface area contributed by atoms with Gasteiger partial charge in [-0.3, -0.25) is 4.79 Å². The summed E-state index contributed by atoms with van der Waals surface area (Å²) >= 11 is 5.81. The van der Waals surface area contributed by atoms with E-state index in [-0.39, 0.29) is 10.6 Å². The van der Waals surface area contributed by atoms with Crippen LogP contribution in [0.1, 0.15) is 13.8 Å². The van der Waals surface area contributed by atoms with Crippen LogP contribution in [0, 0.1) is 0 Å². The zero-order chi connectivity index (χ0) is 12.1. The van der Waals surface area contributed by atoms with E-state index in [9.17, 15) is 4.79 Å². The Labute approximate surface area is 99.8 Å². The molecule has 1 rings (SSSR count). The molecule has 0 fully saturated rings. The highest BCUT2D eigenvalue weighted by atomic mass is 35.5. The van der Waals surface area contributed by atoms with Crippen LogP contribution < -0.4 is 10.9 Å². The van der Waals surface area contributed by atoms with Crippen molar-refractivity contribution in [3.8, 4) is 0 Å². The van der Waals surface area contributed by atoms with E-state index in [1.807, 2.05) is 7.05 Å². The molecule has 0 bridgehead atoms. The molecule has 16 heavy (non-hydrogen) atoms. The van der Waals surface area contributed by atoms with Gasteiger partial charge in [0.25, 0.3) is 5.56 Å². The summed E-state index contributed by atoms with van der Waals surface area (Å²) in [4.78, 5) is 13.3. The Morgan fingerprint density at radius 3 is 2.94 bits per heavy atom. The fourth-order valence-electron chi connectivity index (χ4n) is 1.13. The lowest BCUT2D eigenvalue weighted by Crippen LogP contribution is -2.31. The van der Waals surface area contributed by atoms with Crippen molar-refractivity contribution in [1.82, 2.24) is 15.1 Å². The smallest absolute Gasteiger partial charge is 0.285 e. The number of aromatic nitrogens is 2. The molecule has 0 aromatic carbocycles. The molecule has 1 aromatic heterocycles. The van der Waals surface area contributed by atoms with Gasteiger partial charge in [-0.05, 0) is 20.9 Å². The number of H-pyrrole nitrogens is 1. The number of rotatable bonds is 5. The van der Waals surface area contributed by atoms with E-state index in [1.165, 1.54) is 6.20 Å². The summed E-state index contributed by atoms with van der Waals surface area (Å²) in [7, 11) is 2.05. The van der Waals surface area contributed by atoms with Crippen molar-refractivity contribution in [3.05, 3.63) is 21.6 Å². The van der Waals surface area contributed by atoms with Crippen molar-refractivity contribution in [3.63, 3.8) is 0 Å². The van der Waals surface area contributed by atoms with Crippen LogP contribution in [-0.2, 0) is 0 Å². The summed E-state index contributed by atoms with van der Waals surface area (Å²) in [6, 6.07) is 0.495. The Morgan fingerprint density at radius 2 is 2.31 bits per heavy atom. The first-order valence-corrected chi connectivity index (χ1v) is 5.57. The van der Waals surface area contributed by atoms with Gasteiger partial charge >= 0.3 is 0 Å². The normalized spacial score (nSPS) is 11.1. The van der Waals surface area contributed by atoms with E-state index in [1.54, 1.807) is 0 Å². The summed E-state index contributed by atoms with van der Waals surface area (Å²) < 4.78 is 0. The predicted octanol–water partition coefficient (Wildman–Crippen LogP) is 1.18. The van der Waals surface area contributed by atoms with Crippen LogP contribution in [-0.4, -0.2) is 41.3 Å². The van der Waals surface area contributed by atoms with Crippen molar-refractivity contribution in [1.29, 1.82) is 0 Å². The second kappa shape index (κ2) is 5.86. The molecule has 0 atom stereocenters. The third-order valence-corrected chi connectivity index (χ3v) is 2.83. The highest BCUT2D eigenvalue weighted by Crippen LogP contribution is 2.13. The quantitative estimate of drug-likeness (QED) is 0.817. The van der Waals surface area contributed by atoms with Crippen LogP contribution in [0.4, 0.5) is 5.69 Å². The number of halogens is 1. The molecular formula is C10H17ClN4O. The summed E-state index contributed by atoms with van der Waals surface area (Å²) in [5, 5.41) is 9.19. The maximum Gasteiger partial charge on any atom is 0.285 e. The van der Waals surface area contributed by atoms with Crippen LogP contribution in [0.5, 0.6) is 0 Å². The number of aromatic amines is 1. The predicted molar refractivity (Wildman–Crippen MR) is 66.1 cm³/mol. The van der Waals surface area contributed by atoms with Crippen LogP contribution in [0.2, 0.25) is 5.02 Å². The fraction of sp³-hybridized carbons (Fsp3) is 0.600. The monoisotopic (exact) mass is 244 g/mol. The molecule has 0 aliphatic carbocycles. The fourth-order valence-corrected chi connectivity index (χ4v) is 1.29. The molecule has 0 spiro atoms. The van der Waals surface area contributed by atoms with Crippen molar-refractivity contribution in [2.75, 3.05) is 25.5 Å². The molecular weight excluding hydrogens is 228 g/mol.